The Morgan fingerprint density at radius 1 is 1.04 bits per heavy atom. The van der Waals surface area contributed by atoms with Crippen molar-refractivity contribution in [3.8, 4) is 5.75 Å². The van der Waals surface area contributed by atoms with Gasteiger partial charge in [-0.05, 0) is 42.8 Å². The van der Waals surface area contributed by atoms with Gasteiger partial charge in [-0.1, -0.05) is 29.8 Å². The Kier molecular flexibility index (Phi) is 6.59. The summed E-state index contributed by atoms with van der Waals surface area (Å²) in [4.78, 5) is 14.4. The smallest absolute Gasteiger partial charge is 0.243 e. The Balaban J connectivity index is 1.61. The predicted molar refractivity (Wildman–Crippen MR) is 108 cm³/mol. The van der Waals surface area contributed by atoms with E-state index in [9.17, 15) is 13.2 Å². The summed E-state index contributed by atoms with van der Waals surface area (Å²) in [6.45, 7) is 3.65. The minimum absolute atomic E-state index is 0.0498. The second kappa shape index (κ2) is 8.94. The number of sulfonamides is 1. The lowest BCUT2D eigenvalue weighted by Gasteiger charge is -2.34. The third-order valence-electron chi connectivity index (χ3n) is 4.66. The summed E-state index contributed by atoms with van der Waals surface area (Å²) in [5, 5.41) is 0.563. The molecule has 0 N–H and O–H groups in total. The number of ether oxygens (including phenoxy) is 1. The van der Waals surface area contributed by atoms with Gasteiger partial charge in [0.05, 0.1) is 17.9 Å². The normalized spacial score (nSPS) is 15.4. The van der Waals surface area contributed by atoms with E-state index in [4.69, 9.17) is 16.3 Å². The molecule has 0 atom stereocenters. The summed E-state index contributed by atoms with van der Waals surface area (Å²) < 4.78 is 32.4. The van der Waals surface area contributed by atoms with E-state index in [1.165, 1.54) is 4.31 Å². The van der Waals surface area contributed by atoms with E-state index in [0.717, 1.165) is 5.56 Å². The molecule has 0 bridgehead atoms. The first-order valence-corrected chi connectivity index (χ1v) is 11.0. The van der Waals surface area contributed by atoms with Crippen molar-refractivity contribution in [1.82, 2.24) is 9.21 Å². The van der Waals surface area contributed by atoms with Gasteiger partial charge in [-0.2, -0.15) is 4.31 Å². The molecule has 6 nitrogen and oxygen atoms in total. The number of halogens is 1. The average molecular weight is 423 g/mol. The molecule has 3 rings (SSSR count). The van der Waals surface area contributed by atoms with Crippen LogP contribution in [0.1, 0.15) is 12.5 Å². The van der Waals surface area contributed by atoms with Crippen LogP contribution in [-0.2, 0) is 21.2 Å². The van der Waals surface area contributed by atoms with Crippen molar-refractivity contribution < 1.29 is 17.9 Å². The molecule has 0 aromatic heterocycles. The van der Waals surface area contributed by atoms with Gasteiger partial charge in [-0.25, -0.2) is 8.42 Å². The zero-order valence-corrected chi connectivity index (χ0v) is 17.2. The maximum Gasteiger partial charge on any atom is 0.243 e. The van der Waals surface area contributed by atoms with Crippen LogP contribution in [0.3, 0.4) is 0 Å². The van der Waals surface area contributed by atoms with Crippen LogP contribution < -0.4 is 4.74 Å². The maximum absolute atomic E-state index is 12.8. The highest BCUT2D eigenvalue weighted by molar-refractivity contribution is 7.89. The minimum Gasteiger partial charge on any atom is -0.494 e. The maximum atomic E-state index is 12.8. The summed E-state index contributed by atoms with van der Waals surface area (Å²) in [6.07, 6.45) is 0.214. The molecular weight excluding hydrogens is 400 g/mol. The Labute approximate surface area is 170 Å². The van der Waals surface area contributed by atoms with Gasteiger partial charge in [-0.3, -0.25) is 4.79 Å². The first-order valence-electron chi connectivity index (χ1n) is 9.16. The second-order valence-electron chi connectivity index (χ2n) is 6.46. The lowest BCUT2D eigenvalue weighted by molar-refractivity contribution is -0.131. The van der Waals surface area contributed by atoms with E-state index < -0.39 is 10.0 Å². The van der Waals surface area contributed by atoms with Gasteiger partial charge in [0.25, 0.3) is 0 Å². The van der Waals surface area contributed by atoms with Crippen LogP contribution in [0.4, 0.5) is 0 Å². The van der Waals surface area contributed by atoms with Gasteiger partial charge in [0, 0.05) is 31.2 Å². The molecule has 1 fully saturated rings. The third kappa shape index (κ3) is 4.66. The molecule has 0 radical (unpaired) electrons. The van der Waals surface area contributed by atoms with Crippen LogP contribution in [0.25, 0.3) is 0 Å². The number of hydrogen-bond acceptors (Lipinski definition) is 4. The monoisotopic (exact) mass is 422 g/mol. The first-order chi connectivity index (χ1) is 13.4. The molecule has 0 aliphatic carbocycles. The van der Waals surface area contributed by atoms with Gasteiger partial charge in [0.15, 0.2) is 0 Å². The molecule has 1 aliphatic heterocycles. The summed E-state index contributed by atoms with van der Waals surface area (Å²) in [5.74, 6) is 0.586. The zero-order valence-electron chi connectivity index (χ0n) is 15.7. The fourth-order valence-electron chi connectivity index (χ4n) is 3.12. The number of nitrogens with zero attached hydrogens (tertiary/aromatic N) is 2. The van der Waals surface area contributed by atoms with Gasteiger partial charge in [0.1, 0.15) is 5.75 Å². The predicted octanol–water partition coefficient (Wildman–Crippen LogP) is 2.81. The zero-order chi connectivity index (χ0) is 20.1. The van der Waals surface area contributed by atoms with E-state index >= 15 is 0 Å². The summed E-state index contributed by atoms with van der Waals surface area (Å²) in [7, 11) is -3.59. The molecule has 1 heterocycles. The molecule has 0 saturated carbocycles. The van der Waals surface area contributed by atoms with Crippen molar-refractivity contribution >= 4 is 27.5 Å². The molecule has 2 aromatic carbocycles. The summed E-state index contributed by atoms with van der Waals surface area (Å²) in [5.41, 5.74) is 0.776. The molecule has 150 valence electrons. The highest BCUT2D eigenvalue weighted by Crippen LogP contribution is 2.22. The molecule has 1 aliphatic rings. The number of carbonyl (C=O) groups excluding carboxylic acids is 1. The van der Waals surface area contributed by atoms with Gasteiger partial charge >= 0.3 is 0 Å². The van der Waals surface area contributed by atoms with Gasteiger partial charge < -0.3 is 9.64 Å². The van der Waals surface area contributed by atoms with E-state index in [-0.39, 0.29) is 30.3 Å². The summed E-state index contributed by atoms with van der Waals surface area (Å²) >= 11 is 6.12. The topological polar surface area (TPSA) is 66.9 Å². The number of hydrogen-bond donors (Lipinski definition) is 0. The number of rotatable bonds is 6. The van der Waals surface area contributed by atoms with Crippen molar-refractivity contribution in [2.75, 3.05) is 32.8 Å². The third-order valence-corrected chi connectivity index (χ3v) is 6.94. The highest BCUT2D eigenvalue weighted by Gasteiger charge is 2.30. The molecule has 1 amide bonds. The van der Waals surface area contributed by atoms with E-state index in [1.54, 1.807) is 35.2 Å². The number of benzene rings is 2. The molecule has 1 saturated heterocycles. The fourth-order valence-corrected chi connectivity index (χ4v) is 4.74. The lowest BCUT2D eigenvalue weighted by atomic mass is 10.1. The SMILES string of the molecule is CCOc1ccc(S(=O)(=O)N2CCN(C(=O)Cc3ccccc3Cl)CC2)cc1. The molecule has 8 heteroatoms. The van der Waals surface area contributed by atoms with Crippen molar-refractivity contribution in [1.29, 1.82) is 0 Å². The molecular formula is C20H23ClN2O4S. The number of amides is 1. The largest absolute Gasteiger partial charge is 0.494 e. The van der Waals surface area contributed by atoms with Crippen LogP contribution in [0.2, 0.25) is 5.02 Å². The van der Waals surface area contributed by atoms with Crippen LogP contribution >= 0.6 is 11.6 Å². The standard InChI is InChI=1S/C20H23ClN2O4S/c1-2-27-17-7-9-18(10-8-17)28(25,26)23-13-11-22(12-14-23)20(24)15-16-5-3-4-6-19(16)21/h3-10H,2,11-15H2,1H3. The molecule has 28 heavy (non-hydrogen) atoms. The number of piperazine rings is 1. The Bertz CT molecular complexity index is 923. The van der Waals surface area contributed by atoms with Crippen molar-refractivity contribution in [3.05, 3.63) is 59.1 Å². The lowest BCUT2D eigenvalue weighted by Crippen LogP contribution is -2.50. The first kappa shape index (κ1) is 20.6. The Morgan fingerprint density at radius 3 is 2.29 bits per heavy atom. The van der Waals surface area contributed by atoms with E-state index in [2.05, 4.69) is 0 Å². The highest BCUT2D eigenvalue weighted by atomic mass is 35.5. The minimum atomic E-state index is -3.59. The Morgan fingerprint density at radius 2 is 1.68 bits per heavy atom. The van der Waals surface area contributed by atoms with E-state index in [1.807, 2.05) is 25.1 Å². The van der Waals surface area contributed by atoms with Crippen molar-refractivity contribution in [2.24, 2.45) is 0 Å². The quantitative estimate of drug-likeness (QED) is 0.717. The van der Waals surface area contributed by atoms with Gasteiger partial charge in [-0.15, -0.1) is 0 Å². The van der Waals surface area contributed by atoms with Crippen molar-refractivity contribution in [3.63, 3.8) is 0 Å². The van der Waals surface area contributed by atoms with Crippen LogP contribution in [-0.4, -0.2) is 56.3 Å². The van der Waals surface area contributed by atoms with Crippen LogP contribution in [0.5, 0.6) is 5.75 Å². The molecule has 0 spiro atoms. The van der Waals surface area contributed by atoms with Crippen molar-refractivity contribution in [2.45, 2.75) is 18.2 Å². The Hall–Kier alpha value is -2.09. The summed E-state index contributed by atoms with van der Waals surface area (Å²) in [6, 6.07) is 13.7. The van der Waals surface area contributed by atoms with Gasteiger partial charge in [0.2, 0.25) is 15.9 Å². The molecule has 2 aromatic rings. The average Bonchev–Trinajstić information content (AvgIpc) is 2.70. The number of carbonyl (C=O) groups is 1. The molecule has 0 unspecified atom stereocenters. The van der Waals surface area contributed by atoms with E-state index in [0.29, 0.717) is 30.5 Å². The second-order valence-corrected chi connectivity index (χ2v) is 8.80. The fraction of sp³-hybridized carbons (Fsp3) is 0.350. The van der Waals surface area contributed by atoms with Crippen LogP contribution in [0, 0.1) is 0 Å². The van der Waals surface area contributed by atoms with Crippen LogP contribution in [0.15, 0.2) is 53.4 Å².